The number of benzene rings is 2. The first-order valence-corrected chi connectivity index (χ1v) is 10.1. The quantitative estimate of drug-likeness (QED) is 0.613. The minimum absolute atomic E-state index is 0.0372. The topological polar surface area (TPSA) is 68.5 Å². The van der Waals surface area contributed by atoms with Crippen LogP contribution in [0.2, 0.25) is 0 Å². The van der Waals surface area contributed by atoms with Crippen molar-refractivity contribution < 1.29 is 13.9 Å². The molecule has 2 aromatic carbocycles. The molecule has 1 atom stereocenters. The second kappa shape index (κ2) is 8.58. The molecule has 2 heterocycles. The second-order valence-electron chi connectivity index (χ2n) is 6.53. The van der Waals surface area contributed by atoms with E-state index in [1.807, 2.05) is 66.4 Å². The summed E-state index contributed by atoms with van der Waals surface area (Å²) in [6.07, 6.45) is 0. The molecule has 28 heavy (non-hydrogen) atoms. The molecule has 3 aromatic rings. The number of carbonyl (C=O) groups is 1. The predicted octanol–water partition coefficient (Wildman–Crippen LogP) is 3.74. The molecule has 0 bridgehead atoms. The van der Waals surface area contributed by atoms with Crippen molar-refractivity contribution in [1.29, 1.82) is 0 Å². The summed E-state index contributed by atoms with van der Waals surface area (Å²) in [4.78, 5) is 15.0. The molecule has 1 fully saturated rings. The van der Waals surface area contributed by atoms with Gasteiger partial charge in [0, 0.05) is 18.7 Å². The van der Waals surface area contributed by atoms with Gasteiger partial charge in [0.2, 0.25) is 11.8 Å². The summed E-state index contributed by atoms with van der Waals surface area (Å²) >= 11 is 1.29. The largest absolute Gasteiger partial charge is 0.411 e. The first-order valence-electron chi connectivity index (χ1n) is 9.20. The highest BCUT2D eigenvalue weighted by atomic mass is 32.2. The lowest BCUT2D eigenvalue weighted by molar-refractivity contribution is -0.134. The Bertz CT molecular complexity index is 939. The minimum Gasteiger partial charge on any atom is -0.411 e. The van der Waals surface area contributed by atoms with Gasteiger partial charge in [0.1, 0.15) is 5.25 Å². The van der Waals surface area contributed by atoms with Crippen molar-refractivity contribution in [2.75, 3.05) is 26.3 Å². The Morgan fingerprint density at radius 2 is 1.75 bits per heavy atom. The van der Waals surface area contributed by atoms with Gasteiger partial charge < -0.3 is 14.1 Å². The van der Waals surface area contributed by atoms with Gasteiger partial charge in [-0.2, -0.15) is 0 Å². The highest BCUT2D eigenvalue weighted by molar-refractivity contribution is 8.00. The Hall–Kier alpha value is -2.64. The minimum atomic E-state index is -0.440. The van der Waals surface area contributed by atoms with Gasteiger partial charge in [0.05, 0.1) is 13.2 Å². The molecule has 6 nitrogen and oxygen atoms in total. The summed E-state index contributed by atoms with van der Waals surface area (Å²) < 4.78 is 11.3. The van der Waals surface area contributed by atoms with Crippen molar-refractivity contribution in [3.8, 4) is 11.5 Å². The lowest BCUT2D eigenvalue weighted by Gasteiger charge is -2.29. The van der Waals surface area contributed by atoms with Gasteiger partial charge >= 0.3 is 0 Å². The lowest BCUT2D eigenvalue weighted by atomic mass is 10.1. The van der Waals surface area contributed by atoms with E-state index in [2.05, 4.69) is 10.2 Å². The molecule has 1 aliphatic rings. The van der Waals surface area contributed by atoms with Crippen molar-refractivity contribution >= 4 is 17.7 Å². The second-order valence-corrected chi connectivity index (χ2v) is 7.59. The number of carbonyl (C=O) groups excluding carboxylic acids is 1. The molecule has 0 aliphatic carbocycles. The molecule has 0 spiro atoms. The van der Waals surface area contributed by atoms with Gasteiger partial charge in [0.25, 0.3) is 5.22 Å². The van der Waals surface area contributed by atoms with Gasteiger partial charge in [-0.05, 0) is 35.9 Å². The van der Waals surface area contributed by atoms with Gasteiger partial charge in [-0.15, -0.1) is 10.2 Å². The molecule has 1 aliphatic heterocycles. The van der Waals surface area contributed by atoms with E-state index in [4.69, 9.17) is 9.15 Å². The third-order valence-electron chi connectivity index (χ3n) is 4.65. The maximum Gasteiger partial charge on any atom is 0.277 e. The summed E-state index contributed by atoms with van der Waals surface area (Å²) in [5, 5.41) is 8.30. The van der Waals surface area contributed by atoms with Crippen LogP contribution in [0.5, 0.6) is 0 Å². The van der Waals surface area contributed by atoms with E-state index in [9.17, 15) is 4.79 Å². The molecular weight excluding hydrogens is 374 g/mol. The maximum atomic E-state index is 13.2. The van der Waals surface area contributed by atoms with Gasteiger partial charge in [-0.1, -0.05) is 48.5 Å². The Morgan fingerprint density at radius 3 is 2.50 bits per heavy atom. The Labute approximate surface area is 167 Å². The fourth-order valence-electron chi connectivity index (χ4n) is 3.12. The molecule has 1 aromatic heterocycles. The van der Waals surface area contributed by atoms with Gasteiger partial charge in [-0.25, -0.2) is 0 Å². The zero-order valence-corrected chi connectivity index (χ0v) is 16.4. The van der Waals surface area contributed by atoms with Crippen molar-refractivity contribution in [2.45, 2.75) is 17.4 Å². The third-order valence-corrected chi connectivity index (χ3v) is 5.73. The van der Waals surface area contributed by atoms with Crippen LogP contribution in [0.1, 0.15) is 16.4 Å². The van der Waals surface area contributed by atoms with Crippen LogP contribution in [0.3, 0.4) is 0 Å². The summed E-state index contributed by atoms with van der Waals surface area (Å²) in [5.41, 5.74) is 2.88. The fraction of sp³-hybridized carbons (Fsp3) is 0.286. The first kappa shape index (κ1) is 18.7. The monoisotopic (exact) mass is 395 g/mol. The van der Waals surface area contributed by atoms with E-state index in [1.54, 1.807) is 0 Å². The van der Waals surface area contributed by atoms with E-state index < -0.39 is 5.25 Å². The lowest BCUT2D eigenvalue weighted by Crippen LogP contribution is -2.42. The zero-order chi connectivity index (χ0) is 19.3. The molecule has 0 saturated carbocycles. The normalized spacial score (nSPS) is 15.4. The molecule has 144 valence electrons. The van der Waals surface area contributed by atoms with Gasteiger partial charge in [-0.3, -0.25) is 4.79 Å². The van der Waals surface area contributed by atoms with Gasteiger partial charge in [0.15, 0.2) is 0 Å². The molecule has 0 unspecified atom stereocenters. The highest BCUT2D eigenvalue weighted by Gasteiger charge is 2.30. The van der Waals surface area contributed by atoms with Crippen molar-refractivity contribution in [3.05, 3.63) is 65.7 Å². The Morgan fingerprint density at radius 1 is 1.04 bits per heavy atom. The SMILES string of the molecule is Cc1ccccc1-c1nnc(S[C@@H](C(=O)N2CCOCC2)c2ccccc2)o1. The molecule has 7 heteroatoms. The number of ether oxygens (including phenoxy) is 1. The summed E-state index contributed by atoms with van der Waals surface area (Å²) in [5.74, 6) is 0.501. The number of morpholine rings is 1. The van der Waals surface area contributed by atoms with Crippen molar-refractivity contribution in [3.63, 3.8) is 0 Å². The van der Waals surface area contributed by atoms with Crippen LogP contribution in [0, 0.1) is 6.92 Å². The highest BCUT2D eigenvalue weighted by Crippen LogP contribution is 2.37. The van der Waals surface area contributed by atoms with Crippen LogP contribution in [-0.4, -0.2) is 47.3 Å². The summed E-state index contributed by atoms with van der Waals surface area (Å²) in [6.45, 7) is 4.33. The zero-order valence-electron chi connectivity index (χ0n) is 15.6. The average molecular weight is 395 g/mol. The molecule has 0 N–H and O–H groups in total. The number of hydrogen-bond donors (Lipinski definition) is 0. The summed E-state index contributed by atoms with van der Waals surface area (Å²) in [7, 11) is 0. The number of aryl methyl sites for hydroxylation is 1. The van der Waals surface area contributed by atoms with E-state index in [1.165, 1.54) is 11.8 Å². The Balaban J connectivity index is 1.59. The molecular formula is C21H21N3O3S. The number of thioether (sulfide) groups is 1. The van der Waals surface area contributed by atoms with Crippen LogP contribution in [0.15, 0.2) is 64.2 Å². The number of aromatic nitrogens is 2. The van der Waals surface area contributed by atoms with Crippen LogP contribution in [0.25, 0.3) is 11.5 Å². The molecule has 1 amide bonds. The fourth-order valence-corrected chi connectivity index (χ4v) is 4.08. The average Bonchev–Trinajstić information content (AvgIpc) is 3.21. The van der Waals surface area contributed by atoms with E-state index in [0.717, 1.165) is 16.7 Å². The number of nitrogens with zero attached hydrogens (tertiary/aromatic N) is 3. The standard InChI is InChI=1S/C21H21N3O3S/c1-15-7-5-6-10-17(15)19-22-23-21(27-19)28-18(16-8-3-2-4-9-16)20(25)24-11-13-26-14-12-24/h2-10,18H,11-14H2,1H3/t18-/m1/s1. The summed E-state index contributed by atoms with van der Waals surface area (Å²) in [6, 6.07) is 17.6. The van der Waals surface area contributed by atoms with Crippen LogP contribution in [-0.2, 0) is 9.53 Å². The van der Waals surface area contributed by atoms with Crippen LogP contribution >= 0.6 is 11.8 Å². The van der Waals surface area contributed by atoms with Crippen molar-refractivity contribution in [1.82, 2.24) is 15.1 Å². The van der Waals surface area contributed by atoms with E-state index in [0.29, 0.717) is 37.4 Å². The Kier molecular flexibility index (Phi) is 5.73. The third kappa shape index (κ3) is 4.10. The number of rotatable bonds is 5. The smallest absolute Gasteiger partial charge is 0.277 e. The molecule has 4 rings (SSSR count). The van der Waals surface area contributed by atoms with E-state index in [-0.39, 0.29) is 5.91 Å². The number of hydrogen-bond acceptors (Lipinski definition) is 6. The first-order chi connectivity index (χ1) is 13.7. The maximum absolute atomic E-state index is 13.2. The number of amides is 1. The van der Waals surface area contributed by atoms with Crippen LogP contribution < -0.4 is 0 Å². The van der Waals surface area contributed by atoms with E-state index >= 15 is 0 Å². The van der Waals surface area contributed by atoms with Crippen molar-refractivity contribution in [2.24, 2.45) is 0 Å². The van der Waals surface area contributed by atoms with Crippen LogP contribution in [0.4, 0.5) is 0 Å². The molecule has 1 saturated heterocycles. The molecule has 0 radical (unpaired) electrons. The predicted molar refractivity (Wildman–Crippen MR) is 107 cm³/mol.